The summed E-state index contributed by atoms with van der Waals surface area (Å²) in [4.78, 5) is 2.40. The maximum atomic E-state index is 5.50. The fraction of sp³-hybridized carbons (Fsp3) is 0.550. The van der Waals surface area contributed by atoms with E-state index in [9.17, 15) is 0 Å². The molecular formula is C20H30N4O. The maximum Gasteiger partial charge on any atom is 0.131 e. The molecule has 1 aliphatic rings. The third kappa shape index (κ3) is 4.22. The molecule has 1 atom stereocenters. The molecule has 0 spiro atoms. The number of nitrogens with one attached hydrogen (secondary N) is 1. The fourth-order valence-electron chi connectivity index (χ4n) is 3.58. The Balaban J connectivity index is 1.67. The van der Waals surface area contributed by atoms with Gasteiger partial charge in [0.25, 0.3) is 0 Å². The number of benzene rings is 1. The van der Waals surface area contributed by atoms with Gasteiger partial charge in [-0.1, -0.05) is 24.3 Å². The monoisotopic (exact) mass is 342 g/mol. The molecule has 1 aromatic heterocycles. The number of morpholine rings is 1. The first kappa shape index (κ1) is 18.0. The highest BCUT2D eigenvalue weighted by Crippen LogP contribution is 2.24. The summed E-state index contributed by atoms with van der Waals surface area (Å²) in [7, 11) is 2.04. The van der Waals surface area contributed by atoms with E-state index >= 15 is 0 Å². The van der Waals surface area contributed by atoms with E-state index in [-0.39, 0.29) is 0 Å². The molecule has 0 bridgehead atoms. The SMILES string of the molecule is Cc1ccccc1C[C@@H](C)NCc1c(C)nn(C)c1N1CCOCC1. The van der Waals surface area contributed by atoms with Crippen molar-refractivity contribution < 1.29 is 4.74 Å². The molecule has 136 valence electrons. The van der Waals surface area contributed by atoms with Crippen LogP contribution in [0.3, 0.4) is 0 Å². The Morgan fingerprint density at radius 2 is 1.92 bits per heavy atom. The first-order chi connectivity index (χ1) is 12.1. The molecule has 2 heterocycles. The molecule has 0 radical (unpaired) electrons. The maximum absolute atomic E-state index is 5.50. The Labute approximate surface area is 151 Å². The number of nitrogens with zero attached hydrogens (tertiary/aromatic N) is 3. The van der Waals surface area contributed by atoms with Crippen LogP contribution in [0.2, 0.25) is 0 Å². The number of aromatic nitrogens is 2. The Bertz CT molecular complexity index is 704. The van der Waals surface area contributed by atoms with E-state index in [1.807, 2.05) is 11.7 Å². The van der Waals surface area contributed by atoms with Crippen LogP contribution in [0.4, 0.5) is 5.82 Å². The van der Waals surface area contributed by atoms with Gasteiger partial charge in [0.1, 0.15) is 5.82 Å². The zero-order valence-corrected chi connectivity index (χ0v) is 15.9. The Morgan fingerprint density at radius 3 is 2.64 bits per heavy atom. The number of aryl methyl sites for hydroxylation is 3. The van der Waals surface area contributed by atoms with Crippen molar-refractivity contribution in [1.29, 1.82) is 0 Å². The molecule has 0 saturated carbocycles. The van der Waals surface area contributed by atoms with Gasteiger partial charge in [-0.15, -0.1) is 0 Å². The summed E-state index contributed by atoms with van der Waals surface area (Å²) in [5.74, 6) is 1.23. The highest BCUT2D eigenvalue weighted by molar-refractivity contribution is 5.50. The van der Waals surface area contributed by atoms with E-state index in [1.54, 1.807) is 0 Å². The average Bonchev–Trinajstić information content (AvgIpc) is 2.89. The number of hydrogen-bond donors (Lipinski definition) is 1. The number of ether oxygens (including phenoxy) is 1. The Kier molecular flexibility index (Phi) is 5.76. The number of anilines is 1. The minimum atomic E-state index is 0.415. The molecule has 0 unspecified atom stereocenters. The van der Waals surface area contributed by atoms with Crippen LogP contribution >= 0.6 is 0 Å². The summed E-state index contributed by atoms with van der Waals surface area (Å²) in [6, 6.07) is 9.05. The van der Waals surface area contributed by atoms with Gasteiger partial charge in [0.2, 0.25) is 0 Å². The van der Waals surface area contributed by atoms with Crippen LogP contribution < -0.4 is 10.2 Å². The average molecular weight is 342 g/mol. The quantitative estimate of drug-likeness (QED) is 0.876. The van der Waals surface area contributed by atoms with Crippen molar-refractivity contribution in [3.05, 3.63) is 46.6 Å². The van der Waals surface area contributed by atoms with Gasteiger partial charge in [0.15, 0.2) is 0 Å². The van der Waals surface area contributed by atoms with Crippen molar-refractivity contribution in [1.82, 2.24) is 15.1 Å². The smallest absolute Gasteiger partial charge is 0.131 e. The molecule has 5 heteroatoms. The Morgan fingerprint density at radius 1 is 1.20 bits per heavy atom. The molecule has 2 aromatic rings. The lowest BCUT2D eigenvalue weighted by Crippen LogP contribution is -2.38. The minimum Gasteiger partial charge on any atom is -0.378 e. The molecule has 1 aliphatic heterocycles. The van der Waals surface area contributed by atoms with Gasteiger partial charge < -0.3 is 15.0 Å². The van der Waals surface area contributed by atoms with Gasteiger partial charge in [-0.05, 0) is 38.3 Å². The standard InChI is InChI=1S/C20H30N4O/c1-15-7-5-6-8-18(15)13-16(2)21-14-19-17(3)22-23(4)20(19)24-9-11-25-12-10-24/h5-8,16,21H,9-14H2,1-4H3/t16-/m1/s1. The van der Waals surface area contributed by atoms with E-state index in [1.165, 1.54) is 22.5 Å². The number of rotatable bonds is 6. The van der Waals surface area contributed by atoms with E-state index in [0.717, 1.165) is 45.0 Å². The normalized spacial score (nSPS) is 16.2. The molecular weight excluding hydrogens is 312 g/mol. The van der Waals surface area contributed by atoms with Gasteiger partial charge in [-0.25, -0.2) is 0 Å². The van der Waals surface area contributed by atoms with E-state index in [0.29, 0.717) is 6.04 Å². The van der Waals surface area contributed by atoms with Crippen molar-refractivity contribution in [3.63, 3.8) is 0 Å². The van der Waals surface area contributed by atoms with Gasteiger partial charge >= 0.3 is 0 Å². The molecule has 1 saturated heterocycles. The number of hydrogen-bond acceptors (Lipinski definition) is 4. The van der Waals surface area contributed by atoms with Crippen molar-refractivity contribution in [3.8, 4) is 0 Å². The van der Waals surface area contributed by atoms with Crippen molar-refractivity contribution in [2.75, 3.05) is 31.2 Å². The highest BCUT2D eigenvalue weighted by atomic mass is 16.5. The summed E-state index contributed by atoms with van der Waals surface area (Å²) < 4.78 is 7.51. The molecule has 3 rings (SSSR count). The molecule has 25 heavy (non-hydrogen) atoms. The molecule has 5 nitrogen and oxygen atoms in total. The molecule has 1 N–H and O–H groups in total. The summed E-state index contributed by atoms with van der Waals surface area (Å²) >= 11 is 0. The second-order valence-electron chi connectivity index (χ2n) is 7.02. The van der Waals surface area contributed by atoms with Gasteiger partial charge in [-0.2, -0.15) is 5.10 Å². The van der Waals surface area contributed by atoms with Crippen LogP contribution in [0.25, 0.3) is 0 Å². The van der Waals surface area contributed by atoms with Crippen LogP contribution in [-0.4, -0.2) is 42.1 Å². The predicted octanol–water partition coefficient (Wildman–Crippen LogP) is 2.59. The van der Waals surface area contributed by atoms with Crippen molar-refractivity contribution >= 4 is 5.82 Å². The first-order valence-corrected chi connectivity index (χ1v) is 9.19. The van der Waals surface area contributed by atoms with Crippen LogP contribution in [0.1, 0.15) is 29.3 Å². The Hall–Kier alpha value is -1.85. The predicted molar refractivity (Wildman–Crippen MR) is 102 cm³/mol. The summed E-state index contributed by atoms with van der Waals surface area (Å²) in [6.07, 6.45) is 1.04. The highest BCUT2D eigenvalue weighted by Gasteiger charge is 2.21. The largest absolute Gasteiger partial charge is 0.378 e. The molecule has 1 aromatic carbocycles. The fourth-order valence-corrected chi connectivity index (χ4v) is 3.58. The van der Waals surface area contributed by atoms with E-state index in [2.05, 4.69) is 60.4 Å². The lowest BCUT2D eigenvalue weighted by Gasteiger charge is -2.30. The first-order valence-electron chi connectivity index (χ1n) is 9.19. The lowest BCUT2D eigenvalue weighted by molar-refractivity contribution is 0.122. The lowest BCUT2D eigenvalue weighted by atomic mass is 10.0. The third-order valence-electron chi connectivity index (χ3n) is 5.04. The van der Waals surface area contributed by atoms with Crippen LogP contribution in [-0.2, 0) is 24.8 Å². The van der Waals surface area contributed by atoms with Gasteiger partial charge in [-0.3, -0.25) is 4.68 Å². The topological polar surface area (TPSA) is 42.3 Å². The summed E-state index contributed by atoms with van der Waals surface area (Å²) in [5.41, 5.74) is 5.20. The van der Waals surface area contributed by atoms with E-state index in [4.69, 9.17) is 4.74 Å². The zero-order chi connectivity index (χ0) is 17.8. The minimum absolute atomic E-state index is 0.415. The zero-order valence-electron chi connectivity index (χ0n) is 15.9. The van der Waals surface area contributed by atoms with E-state index < -0.39 is 0 Å². The van der Waals surface area contributed by atoms with Crippen LogP contribution in [0, 0.1) is 13.8 Å². The summed E-state index contributed by atoms with van der Waals surface area (Å²) in [5, 5.41) is 8.35. The van der Waals surface area contributed by atoms with Gasteiger partial charge in [0, 0.05) is 38.3 Å². The molecule has 1 fully saturated rings. The van der Waals surface area contributed by atoms with Crippen LogP contribution in [0.5, 0.6) is 0 Å². The second kappa shape index (κ2) is 8.02. The van der Waals surface area contributed by atoms with Crippen LogP contribution in [0.15, 0.2) is 24.3 Å². The summed E-state index contributed by atoms with van der Waals surface area (Å²) in [6.45, 7) is 10.8. The van der Waals surface area contributed by atoms with Crippen molar-refractivity contribution in [2.45, 2.75) is 39.8 Å². The molecule has 0 amide bonds. The van der Waals surface area contributed by atoms with Gasteiger partial charge in [0.05, 0.1) is 18.9 Å². The second-order valence-corrected chi connectivity index (χ2v) is 7.02. The molecule has 0 aliphatic carbocycles. The van der Waals surface area contributed by atoms with Crippen molar-refractivity contribution in [2.24, 2.45) is 7.05 Å². The third-order valence-corrected chi connectivity index (χ3v) is 5.04.